The Morgan fingerprint density at radius 2 is 1.60 bits per heavy atom. The number of para-hydroxylation sites is 1. The molecule has 45 heavy (non-hydrogen) atoms. The molecule has 0 N–H and O–H groups in total. The quantitative estimate of drug-likeness (QED) is 0.0536. The van der Waals surface area contributed by atoms with Crippen LogP contribution in [0.5, 0.6) is 23.0 Å². The maximum atomic E-state index is 13.6. The summed E-state index contributed by atoms with van der Waals surface area (Å²) in [5, 5.41) is 16.0. The molecular formula is C31H22Br2N4O8. The number of esters is 1. The first kappa shape index (κ1) is 31.3. The first-order valence-corrected chi connectivity index (χ1v) is 14.6. The molecule has 0 amide bonds. The molecule has 0 bridgehead atoms. The molecule has 0 saturated heterocycles. The van der Waals surface area contributed by atoms with E-state index in [-0.39, 0.29) is 34.3 Å². The van der Waals surface area contributed by atoms with Crippen LogP contribution in [-0.2, 0) is 0 Å². The Morgan fingerprint density at radius 1 is 0.933 bits per heavy atom. The highest BCUT2D eigenvalue weighted by molar-refractivity contribution is 9.11. The Labute approximate surface area is 272 Å². The lowest BCUT2D eigenvalue weighted by molar-refractivity contribution is -0.384. The predicted octanol–water partition coefficient (Wildman–Crippen LogP) is 6.62. The molecule has 0 fully saturated rings. The minimum Gasteiger partial charge on any atom is -0.493 e. The molecule has 12 nitrogen and oxygen atoms in total. The molecule has 0 aliphatic rings. The molecule has 4 aromatic carbocycles. The standard InChI is InChI=1S/C31H22Br2N4O8/c1-42-25-13-18(14-26(43-2)28(25)44-3)31(39)45-27-19(12-20(32)15-23(27)33)16-34-36-29(17-8-10-21(11-9-17)37(40)41)35-24-7-5-4-6-22(24)30(36)38/h4-16H,1-3H3. The van der Waals surface area contributed by atoms with Crippen LogP contribution in [0.2, 0.25) is 0 Å². The van der Waals surface area contributed by atoms with Gasteiger partial charge in [-0.1, -0.05) is 28.1 Å². The monoisotopic (exact) mass is 736 g/mol. The zero-order chi connectivity index (χ0) is 32.2. The van der Waals surface area contributed by atoms with Crippen molar-refractivity contribution in [2.24, 2.45) is 5.10 Å². The Kier molecular flexibility index (Phi) is 9.25. The van der Waals surface area contributed by atoms with Gasteiger partial charge in [0, 0.05) is 27.7 Å². The van der Waals surface area contributed by atoms with Gasteiger partial charge in [-0.15, -0.1) is 0 Å². The minimum absolute atomic E-state index is 0.111. The van der Waals surface area contributed by atoms with E-state index in [0.717, 1.165) is 4.68 Å². The van der Waals surface area contributed by atoms with Crippen LogP contribution in [0.15, 0.2) is 91.6 Å². The SMILES string of the molecule is COc1cc(C(=O)Oc2c(Br)cc(Br)cc2C=Nn2c(-c3ccc([N+](=O)[O-])cc3)nc3ccccc3c2=O)cc(OC)c1OC. The number of nitrogens with zero attached hydrogens (tertiary/aromatic N) is 4. The van der Waals surface area contributed by atoms with Crippen molar-refractivity contribution < 1.29 is 28.7 Å². The highest BCUT2D eigenvalue weighted by Gasteiger charge is 2.21. The van der Waals surface area contributed by atoms with Gasteiger partial charge >= 0.3 is 5.97 Å². The van der Waals surface area contributed by atoms with Crippen LogP contribution in [0.4, 0.5) is 5.69 Å². The van der Waals surface area contributed by atoms with Gasteiger partial charge < -0.3 is 18.9 Å². The second kappa shape index (κ2) is 13.3. The summed E-state index contributed by atoms with van der Waals surface area (Å²) >= 11 is 6.89. The van der Waals surface area contributed by atoms with Crippen LogP contribution in [0.3, 0.4) is 0 Å². The molecule has 0 spiro atoms. The average molecular weight is 738 g/mol. The van der Waals surface area contributed by atoms with Crippen molar-refractivity contribution in [3.63, 3.8) is 0 Å². The van der Waals surface area contributed by atoms with Crippen LogP contribution in [-0.4, -0.2) is 48.1 Å². The highest BCUT2D eigenvalue weighted by Crippen LogP contribution is 2.39. The lowest BCUT2D eigenvalue weighted by atomic mass is 10.1. The highest BCUT2D eigenvalue weighted by atomic mass is 79.9. The lowest BCUT2D eigenvalue weighted by Crippen LogP contribution is -2.20. The van der Waals surface area contributed by atoms with Crippen molar-refractivity contribution in [1.82, 2.24) is 9.66 Å². The number of rotatable bonds is 9. The summed E-state index contributed by atoms with van der Waals surface area (Å²) in [6.45, 7) is 0. The number of carbonyl (C=O) groups excluding carboxylic acids is 1. The lowest BCUT2D eigenvalue weighted by Gasteiger charge is -2.15. The second-order valence-electron chi connectivity index (χ2n) is 9.23. The van der Waals surface area contributed by atoms with Crippen LogP contribution >= 0.6 is 31.9 Å². The summed E-state index contributed by atoms with van der Waals surface area (Å²) < 4.78 is 24.0. The van der Waals surface area contributed by atoms with Gasteiger partial charge in [0.25, 0.3) is 11.2 Å². The molecular weight excluding hydrogens is 716 g/mol. The fourth-order valence-corrected chi connectivity index (χ4v) is 5.74. The van der Waals surface area contributed by atoms with E-state index in [1.165, 1.54) is 63.9 Å². The van der Waals surface area contributed by atoms with E-state index in [2.05, 4.69) is 41.9 Å². The van der Waals surface area contributed by atoms with Crippen molar-refractivity contribution in [2.75, 3.05) is 21.3 Å². The molecule has 5 aromatic rings. The molecule has 14 heteroatoms. The fraction of sp³-hybridized carbons (Fsp3) is 0.0968. The Morgan fingerprint density at radius 3 is 2.22 bits per heavy atom. The summed E-state index contributed by atoms with van der Waals surface area (Å²) in [6, 6.07) is 18.6. The second-order valence-corrected chi connectivity index (χ2v) is 11.0. The number of aromatic nitrogens is 2. The molecule has 5 rings (SSSR count). The zero-order valence-corrected chi connectivity index (χ0v) is 27.0. The van der Waals surface area contributed by atoms with Crippen molar-refractivity contribution in [2.45, 2.75) is 0 Å². The van der Waals surface area contributed by atoms with E-state index in [4.69, 9.17) is 18.9 Å². The molecule has 228 valence electrons. The number of carbonyl (C=O) groups is 1. The maximum absolute atomic E-state index is 13.6. The molecule has 1 aromatic heterocycles. The topological polar surface area (TPSA) is 144 Å². The Bertz CT molecular complexity index is 2020. The number of non-ortho nitro benzene ring substituents is 1. The summed E-state index contributed by atoms with van der Waals surface area (Å²) in [7, 11) is 4.31. The van der Waals surface area contributed by atoms with Gasteiger partial charge in [-0.05, 0) is 64.5 Å². The number of halogens is 2. The number of fused-ring (bicyclic) bond motifs is 1. The van der Waals surface area contributed by atoms with Gasteiger partial charge in [-0.25, -0.2) is 9.78 Å². The van der Waals surface area contributed by atoms with Gasteiger partial charge in [-0.3, -0.25) is 14.9 Å². The van der Waals surface area contributed by atoms with Crippen LogP contribution in [0.1, 0.15) is 15.9 Å². The first-order chi connectivity index (χ1) is 21.6. The van der Waals surface area contributed by atoms with E-state index >= 15 is 0 Å². The zero-order valence-electron chi connectivity index (χ0n) is 23.8. The first-order valence-electron chi connectivity index (χ1n) is 13.0. The molecule has 1 heterocycles. The number of hydrogen-bond donors (Lipinski definition) is 0. The van der Waals surface area contributed by atoms with Gasteiger partial charge in [-0.2, -0.15) is 9.78 Å². The predicted molar refractivity (Wildman–Crippen MR) is 174 cm³/mol. The normalized spacial score (nSPS) is 11.0. The van der Waals surface area contributed by atoms with E-state index in [1.54, 1.807) is 36.4 Å². The molecule has 0 aliphatic heterocycles. The minimum atomic E-state index is -0.733. The van der Waals surface area contributed by atoms with Crippen LogP contribution in [0, 0.1) is 10.1 Å². The largest absolute Gasteiger partial charge is 0.493 e. The number of nitro groups is 1. The van der Waals surface area contributed by atoms with Crippen molar-refractivity contribution >= 4 is 60.6 Å². The molecule has 0 atom stereocenters. The van der Waals surface area contributed by atoms with Crippen molar-refractivity contribution in [1.29, 1.82) is 0 Å². The third-order valence-electron chi connectivity index (χ3n) is 6.53. The molecule has 0 radical (unpaired) electrons. The smallest absolute Gasteiger partial charge is 0.343 e. The van der Waals surface area contributed by atoms with E-state index in [0.29, 0.717) is 36.7 Å². The number of ether oxygens (including phenoxy) is 4. The summed E-state index contributed by atoms with van der Waals surface area (Å²) in [4.78, 5) is 42.3. The van der Waals surface area contributed by atoms with Crippen LogP contribution < -0.4 is 24.5 Å². The number of hydrogen-bond acceptors (Lipinski definition) is 10. The van der Waals surface area contributed by atoms with Gasteiger partial charge in [0.2, 0.25) is 5.75 Å². The summed E-state index contributed by atoms with van der Waals surface area (Å²) in [5.74, 6) is 0.370. The van der Waals surface area contributed by atoms with Crippen LogP contribution in [0.25, 0.3) is 22.3 Å². The van der Waals surface area contributed by atoms with Crippen molar-refractivity contribution in [3.8, 4) is 34.4 Å². The molecule has 0 unspecified atom stereocenters. The number of benzene rings is 4. The van der Waals surface area contributed by atoms with Gasteiger partial charge in [0.05, 0.1) is 53.4 Å². The summed E-state index contributed by atoms with van der Waals surface area (Å²) in [6.07, 6.45) is 1.35. The van der Waals surface area contributed by atoms with Gasteiger partial charge in [0.1, 0.15) is 0 Å². The Hall–Kier alpha value is -5.08. The number of methoxy groups -OCH3 is 3. The maximum Gasteiger partial charge on any atom is 0.343 e. The van der Waals surface area contributed by atoms with Gasteiger partial charge in [0.15, 0.2) is 23.1 Å². The van der Waals surface area contributed by atoms with Crippen molar-refractivity contribution in [3.05, 3.63) is 113 Å². The fourth-order valence-electron chi connectivity index (χ4n) is 4.40. The summed E-state index contributed by atoms with van der Waals surface area (Å²) in [5.41, 5.74) is 0.701. The molecule has 0 saturated carbocycles. The van der Waals surface area contributed by atoms with E-state index in [9.17, 15) is 19.7 Å². The number of nitro benzene ring substituents is 1. The average Bonchev–Trinajstić information content (AvgIpc) is 3.04. The third-order valence-corrected chi connectivity index (χ3v) is 7.58. The van der Waals surface area contributed by atoms with E-state index < -0.39 is 16.5 Å². The third kappa shape index (κ3) is 6.42. The molecule has 0 aliphatic carbocycles. The Balaban J connectivity index is 1.60. The van der Waals surface area contributed by atoms with E-state index in [1.807, 2.05) is 0 Å².